The highest BCUT2D eigenvalue weighted by molar-refractivity contribution is 5.82. The lowest BCUT2D eigenvalue weighted by molar-refractivity contribution is -0.384. The Bertz CT molecular complexity index is 634. The van der Waals surface area contributed by atoms with Gasteiger partial charge in [0.05, 0.1) is 10.6 Å². The SMILES string of the molecule is Cc1ccc([N+](=O)[O-])cc1N=Cc1ccc(O)cc1. The topological polar surface area (TPSA) is 75.7 Å². The van der Waals surface area contributed by atoms with Crippen LogP contribution in [-0.4, -0.2) is 16.2 Å². The molecule has 0 heterocycles. The minimum absolute atomic E-state index is 0.0171. The summed E-state index contributed by atoms with van der Waals surface area (Å²) in [5.74, 6) is 0.184. The van der Waals surface area contributed by atoms with Crippen molar-refractivity contribution in [2.75, 3.05) is 0 Å². The van der Waals surface area contributed by atoms with Crippen LogP contribution in [0.1, 0.15) is 11.1 Å². The Balaban J connectivity index is 2.29. The van der Waals surface area contributed by atoms with Gasteiger partial charge in [0.25, 0.3) is 5.69 Å². The zero-order valence-electron chi connectivity index (χ0n) is 10.3. The summed E-state index contributed by atoms with van der Waals surface area (Å²) in [7, 11) is 0. The second-order valence-electron chi connectivity index (χ2n) is 4.08. The molecule has 0 aliphatic carbocycles. The van der Waals surface area contributed by atoms with Gasteiger partial charge in [-0.05, 0) is 42.3 Å². The molecule has 5 heteroatoms. The third kappa shape index (κ3) is 3.16. The van der Waals surface area contributed by atoms with E-state index in [1.54, 1.807) is 36.5 Å². The van der Waals surface area contributed by atoms with Gasteiger partial charge in [-0.1, -0.05) is 6.07 Å². The standard InChI is InChI=1S/C14H12N2O3/c1-10-2-5-12(16(18)19)8-14(10)15-9-11-3-6-13(17)7-4-11/h2-9,17H,1H3. The molecule has 2 aromatic carbocycles. The van der Waals surface area contributed by atoms with E-state index in [4.69, 9.17) is 5.11 Å². The number of nitrogens with zero attached hydrogens (tertiary/aromatic N) is 2. The van der Waals surface area contributed by atoms with Crippen molar-refractivity contribution in [3.8, 4) is 5.75 Å². The highest BCUT2D eigenvalue weighted by Crippen LogP contribution is 2.24. The summed E-state index contributed by atoms with van der Waals surface area (Å²) in [6, 6.07) is 11.1. The number of nitro benzene ring substituents is 1. The van der Waals surface area contributed by atoms with Crippen molar-refractivity contribution in [3.63, 3.8) is 0 Å². The number of aliphatic imine (C=N–C) groups is 1. The van der Waals surface area contributed by atoms with Crippen molar-refractivity contribution >= 4 is 17.6 Å². The zero-order chi connectivity index (χ0) is 13.8. The fraction of sp³-hybridized carbons (Fsp3) is 0.0714. The Hall–Kier alpha value is -2.69. The van der Waals surface area contributed by atoms with E-state index >= 15 is 0 Å². The molecule has 0 aliphatic heterocycles. The van der Waals surface area contributed by atoms with Crippen LogP contribution in [0.25, 0.3) is 0 Å². The van der Waals surface area contributed by atoms with Gasteiger partial charge in [-0.3, -0.25) is 15.1 Å². The van der Waals surface area contributed by atoms with E-state index in [1.807, 2.05) is 6.92 Å². The summed E-state index contributed by atoms with van der Waals surface area (Å²) in [6.07, 6.45) is 1.60. The molecule has 0 saturated carbocycles. The van der Waals surface area contributed by atoms with Gasteiger partial charge >= 0.3 is 0 Å². The number of benzene rings is 2. The van der Waals surface area contributed by atoms with Crippen molar-refractivity contribution < 1.29 is 10.0 Å². The highest BCUT2D eigenvalue weighted by Gasteiger charge is 2.07. The van der Waals surface area contributed by atoms with Crippen LogP contribution >= 0.6 is 0 Å². The molecule has 0 saturated heterocycles. The van der Waals surface area contributed by atoms with Crippen molar-refractivity contribution in [2.45, 2.75) is 6.92 Å². The molecule has 2 aromatic rings. The molecule has 19 heavy (non-hydrogen) atoms. The fourth-order valence-electron chi connectivity index (χ4n) is 1.55. The van der Waals surface area contributed by atoms with Crippen molar-refractivity contribution in [1.29, 1.82) is 0 Å². The van der Waals surface area contributed by atoms with Crippen molar-refractivity contribution in [3.05, 3.63) is 63.7 Å². The molecule has 0 amide bonds. The average molecular weight is 256 g/mol. The van der Waals surface area contributed by atoms with Crippen LogP contribution in [0.5, 0.6) is 5.75 Å². The first-order valence-corrected chi connectivity index (χ1v) is 5.64. The molecule has 0 aliphatic rings. The van der Waals surface area contributed by atoms with E-state index in [-0.39, 0.29) is 11.4 Å². The smallest absolute Gasteiger partial charge is 0.271 e. The Kier molecular flexibility index (Phi) is 3.56. The number of rotatable bonds is 3. The van der Waals surface area contributed by atoms with Crippen LogP contribution in [0, 0.1) is 17.0 Å². The van der Waals surface area contributed by atoms with Crippen LogP contribution in [0.3, 0.4) is 0 Å². The predicted octanol–water partition coefficient (Wildman–Crippen LogP) is 3.36. The highest BCUT2D eigenvalue weighted by atomic mass is 16.6. The minimum Gasteiger partial charge on any atom is -0.508 e. The molecule has 0 fully saturated rings. The maximum Gasteiger partial charge on any atom is 0.271 e. The van der Waals surface area contributed by atoms with Crippen LogP contribution < -0.4 is 0 Å². The molecule has 0 radical (unpaired) electrons. The molecule has 1 N–H and O–H groups in total. The third-order valence-electron chi connectivity index (χ3n) is 2.65. The Morgan fingerprint density at radius 2 is 1.89 bits per heavy atom. The summed E-state index contributed by atoms with van der Waals surface area (Å²) < 4.78 is 0. The zero-order valence-corrected chi connectivity index (χ0v) is 10.3. The van der Waals surface area contributed by atoms with Gasteiger partial charge in [-0.2, -0.15) is 0 Å². The molecule has 0 spiro atoms. The number of hydrogen-bond donors (Lipinski definition) is 1. The Morgan fingerprint density at radius 1 is 1.21 bits per heavy atom. The number of phenolic OH excluding ortho intramolecular Hbond substituents is 1. The number of aromatic hydroxyl groups is 1. The van der Waals surface area contributed by atoms with Gasteiger partial charge in [0.15, 0.2) is 0 Å². The van der Waals surface area contributed by atoms with Gasteiger partial charge < -0.3 is 5.11 Å². The van der Waals surface area contributed by atoms with Gasteiger partial charge in [0.1, 0.15) is 5.75 Å². The summed E-state index contributed by atoms with van der Waals surface area (Å²) in [5, 5.41) is 19.9. The van der Waals surface area contributed by atoms with Crippen LogP contribution in [0.15, 0.2) is 47.5 Å². The minimum atomic E-state index is -0.445. The average Bonchev–Trinajstić information content (AvgIpc) is 2.39. The molecular formula is C14H12N2O3. The summed E-state index contributed by atoms with van der Waals surface area (Å²) in [6.45, 7) is 1.84. The Morgan fingerprint density at radius 3 is 2.53 bits per heavy atom. The second-order valence-corrected chi connectivity index (χ2v) is 4.08. The molecule has 0 atom stereocenters. The van der Waals surface area contributed by atoms with Gasteiger partial charge in [0, 0.05) is 18.3 Å². The molecular weight excluding hydrogens is 244 g/mol. The summed E-state index contributed by atoms with van der Waals surface area (Å²) in [5.41, 5.74) is 2.25. The molecule has 0 aromatic heterocycles. The van der Waals surface area contributed by atoms with Crippen molar-refractivity contribution in [1.82, 2.24) is 0 Å². The number of nitro groups is 1. The lowest BCUT2D eigenvalue weighted by Crippen LogP contribution is -1.88. The van der Waals surface area contributed by atoms with E-state index in [9.17, 15) is 10.1 Å². The number of hydrogen-bond acceptors (Lipinski definition) is 4. The summed E-state index contributed by atoms with van der Waals surface area (Å²) >= 11 is 0. The predicted molar refractivity (Wildman–Crippen MR) is 73.2 cm³/mol. The van der Waals surface area contributed by atoms with E-state index in [0.717, 1.165) is 11.1 Å². The number of non-ortho nitro benzene ring substituents is 1. The third-order valence-corrected chi connectivity index (χ3v) is 2.65. The molecule has 96 valence electrons. The lowest BCUT2D eigenvalue weighted by atomic mass is 10.2. The first-order valence-electron chi connectivity index (χ1n) is 5.64. The van der Waals surface area contributed by atoms with E-state index in [0.29, 0.717) is 5.69 Å². The first kappa shape index (κ1) is 12.8. The molecule has 5 nitrogen and oxygen atoms in total. The number of aryl methyl sites for hydroxylation is 1. The quantitative estimate of drug-likeness (QED) is 0.519. The fourth-order valence-corrected chi connectivity index (χ4v) is 1.55. The van der Waals surface area contributed by atoms with Gasteiger partial charge in [0.2, 0.25) is 0 Å². The first-order chi connectivity index (χ1) is 9.06. The Labute approximate surface area is 110 Å². The van der Waals surface area contributed by atoms with Crippen molar-refractivity contribution in [2.24, 2.45) is 4.99 Å². The molecule has 0 bridgehead atoms. The maximum atomic E-state index is 10.7. The van der Waals surface area contributed by atoms with E-state index in [1.165, 1.54) is 12.1 Å². The van der Waals surface area contributed by atoms with Crippen LogP contribution in [0.2, 0.25) is 0 Å². The van der Waals surface area contributed by atoms with E-state index < -0.39 is 4.92 Å². The van der Waals surface area contributed by atoms with Crippen LogP contribution in [-0.2, 0) is 0 Å². The van der Waals surface area contributed by atoms with E-state index in [2.05, 4.69) is 4.99 Å². The number of phenols is 1. The second kappa shape index (κ2) is 5.30. The normalized spacial score (nSPS) is 10.8. The lowest BCUT2D eigenvalue weighted by Gasteiger charge is -2.00. The largest absolute Gasteiger partial charge is 0.508 e. The van der Waals surface area contributed by atoms with Gasteiger partial charge in [-0.25, -0.2) is 0 Å². The maximum absolute atomic E-state index is 10.7. The molecule has 0 unspecified atom stereocenters. The molecule has 2 rings (SSSR count). The summed E-state index contributed by atoms with van der Waals surface area (Å²) in [4.78, 5) is 14.5. The monoisotopic (exact) mass is 256 g/mol. The van der Waals surface area contributed by atoms with Gasteiger partial charge in [-0.15, -0.1) is 0 Å². The van der Waals surface area contributed by atoms with Crippen LogP contribution in [0.4, 0.5) is 11.4 Å².